The van der Waals surface area contributed by atoms with Gasteiger partial charge in [-0.1, -0.05) is 24.3 Å². The zero-order valence-corrected chi connectivity index (χ0v) is 14.9. The highest BCUT2D eigenvalue weighted by Crippen LogP contribution is 2.23. The summed E-state index contributed by atoms with van der Waals surface area (Å²) < 4.78 is 5.42. The topological polar surface area (TPSA) is 46.3 Å². The van der Waals surface area contributed by atoms with Gasteiger partial charge in [-0.2, -0.15) is 0 Å². The van der Waals surface area contributed by atoms with Crippen molar-refractivity contribution in [2.75, 3.05) is 5.75 Å². The first-order valence-corrected chi connectivity index (χ1v) is 9.08. The van der Waals surface area contributed by atoms with Crippen LogP contribution in [0.15, 0.2) is 76.5 Å². The average molecular weight is 352 g/mol. The number of aryl methyl sites for hydroxylation is 1. The minimum atomic E-state index is 0.0773. The second kappa shape index (κ2) is 8.53. The number of thioether (sulfide) groups is 1. The summed E-state index contributed by atoms with van der Waals surface area (Å²) in [6.45, 7) is 3.03. The predicted octanol–water partition coefficient (Wildman–Crippen LogP) is 4.30. The SMILES string of the molecule is Cc1ccccc1SCC(=O)N(Cc1cccnc1)Cc1ccco1. The van der Waals surface area contributed by atoms with E-state index in [1.165, 1.54) is 5.56 Å². The van der Waals surface area contributed by atoms with E-state index < -0.39 is 0 Å². The van der Waals surface area contributed by atoms with Gasteiger partial charge in [0.1, 0.15) is 5.76 Å². The third kappa shape index (κ3) is 4.97. The molecule has 0 fully saturated rings. The van der Waals surface area contributed by atoms with Gasteiger partial charge in [-0.3, -0.25) is 9.78 Å². The molecular formula is C20H20N2O2S. The highest BCUT2D eigenvalue weighted by Gasteiger charge is 2.16. The lowest BCUT2D eigenvalue weighted by Gasteiger charge is -2.22. The number of furan rings is 1. The van der Waals surface area contributed by atoms with Crippen LogP contribution in [0, 0.1) is 6.92 Å². The van der Waals surface area contributed by atoms with Crippen molar-refractivity contribution in [2.45, 2.75) is 24.9 Å². The molecule has 4 nitrogen and oxygen atoms in total. The van der Waals surface area contributed by atoms with Gasteiger partial charge in [0.2, 0.25) is 5.91 Å². The molecule has 0 bridgehead atoms. The number of pyridine rings is 1. The average Bonchev–Trinajstić information content (AvgIpc) is 3.14. The van der Waals surface area contributed by atoms with Gasteiger partial charge in [0.15, 0.2) is 0 Å². The van der Waals surface area contributed by atoms with Gasteiger partial charge in [-0.15, -0.1) is 11.8 Å². The molecule has 0 atom stereocenters. The predicted molar refractivity (Wildman–Crippen MR) is 99.1 cm³/mol. The van der Waals surface area contributed by atoms with E-state index in [-0.39, 0.29) is 5.91 Å². The Labute approximate surface area is 151 Å². The van der Waals surface area contributed by atoms with E-state index in [1.54, 1.807) is 35.3 Å². The number of benzene rings is 1. The van der Waals surface area contributed by atoms with Crippen LogP contribution >= 0.6 is 11.8 Å². The Kier molecular flexibility index (Phi) is 5.90. The van der Waals surface area contributed by atoms with E-state index in [2.05, 4.69) is 18.0 Å². The normalized spacial score (nSPS) is 10.6. The lowest BCUT2D eigenvalue weighted by Crippen LogP contribution is -2.31. The van der Waals surface area contributed by atoms with Crippen LogP contribution in [0.3, 0.4) is 0 Å². The molecule has 0 unspecified atom stereocenters. The molecule has 0 aliphatic carbocycles. The second-order valence-electron chi connectivity index (χ2n) is 5.74. The first kappa shape index (κ1) is 17.3. The van der Waals surface area contributed by atoms with Crippen molar-refractivity contribution in [1.29, 1.82) is 0 Å². The number of nitrogens with zero attached hydrogens (tertiary/aromatic N) is 2. The van der Waals surface area contributed by atoms with Crippen molar-refractivity contribution in [3.63, 3.8) is 0 Å². The molecular weight excluding hydrogens is 332 g/mol. The zero-order valence-electron chi connectivity index (χ0n) is 14.1. The monoisotopic (exact) mass is 352 g/mol. The van der Waals surface area contributed by atoms with Crippen LogP contribution < -0.4 is 0 Å². The highest BCUT2D eigenvalue weighted by atomic mass is 32.2. The van der Waals surface area contributed by atoms with Crippen LogP contribution in [-0.2, 0) is 17.9 Å². The van der Waals surface area contributed by atoms with Crippen LogP contribution in [0.25, 0.3) is 0 Å². The largest absolute Gasteiger partial charge is 0.467 e. The summed E-state index contributed by atoms with van der Waals surface area (Å²) >= 11 is 1.57. The van der Waals surface area contributed by atoms with Crippen LogP contribution in [0.2, 0.25) is 0 Å². The van der Waals surface area contributed by atoms with Crippen LogP contribution in [0.5, 0.6) is 0 Å². The maximum absolute atomic E-state index is 12.8. The molecule has 2 aromatic heterocycles. The summed E-state index contributed by atoms with van der Waals surface area (Å²) in [6.07, 6.45) is 5.15. The molecule has 3 aromatic rings. The number of amides is 1. The Morgan fingerprint density at radius 2 is 2.00 bits per heavy atom. The van der Waals surface area contributed by atoms with Crippen molar-refractivity contribution in [3.05, 3.63) is 84.1 Å². The summed E-state index contributed by atoms with van der Waals surface area (Å²) in [5, 5.41) is 0. The first-order valence-electron chi connectivity index (χ1n) is 8.10. The Bertz CT molecular complexity index is 804. The van der Waals surface area contributed by atoms with Crippen molar-refractivity contribution >= 4 is 17.7 Å². The highest BCUT2D eigenvalue weighted by molar-refractivity contribution is 8.00. The van der Waals surface area contributed by atoms with Gasteiger partial charge < -0.3 is 9.32 Å². The van der Waals surface area contributed by atoms with Crippen molar-refractivity contribution in [3.8, 4) is 0 Å². The third-order valence-electron chi connectivity index (χ3n) is 3.82. The Balaban J connectivity index is 1.69. The van der Waals surface area contributed by atoms with Crippen LogP contribution in [0.1, 0.15) is 16.9 Å². The Morgan fingerprint density at radius 3 is 2.72 bits per heavy atom. The molecule has 0 spiro atoms. The Hall–Kier alpha value is -2.53. The van der Waals surface area contributed by atoms with E-state index >= 15 is 0 Å². The lowest BCUT2D eigenvalue weighted by atomic mass is 10.2. The molecule has 0 saturated heterocycles. The smallest absolute Gasteiger partial charge is 0.233 e. The maximum atomic E-state index is 12.8. The summed E-state index contributed by atoms with van der Waals surface area (Å²) in [4.78, 5) is 19.9. The van der Waals surface area contributed by atoms with Gasteiger partial charge in [-0.25, -0.2) is 0 Å². The van der Waals surface area contributed by atoms with E-state index in [0.29, 0.717) is 18.8 Å². The van der Waals surface area contributed by atoms with Crippen molar-refractivity contribution in [1.82, 2.24) is 9.88 Å². The number of carbonyl (C=O) groups excluding carboxylic acids is 1. The van der Waals surface area contributed by atoms with Gasteiger partial charge >= 0.3 is 0 Å². The molecule has 1 aromatic carbocycles. The fraction of sp³-hybridized carbons (Fsp3) is 0.200. The van der Waals surface area contributed by atoms with E-state index in [4.69, 9.17) is 4.42 Å². The minimum Gasteiger partial charge on any atom is -0.467 e. The third-order valence-corrected chi connectivity index (χ3v) is 4.98. The summed E-state index contributed by atoms with van der Waals surface area (Å²) in [7, 11) is 0. The van der Waals surface area contributed by atoms with Gasteiger partial charge in [0.05, 0.1) is 18.6 Å². The molecule has 5 heteroatoms. The molecule has 25 heavy (non-hydrogen) atoms. The second-order valence-corrected chi connectivity index (χ2v) is 6.76. The van der Waals surface area contributed by atoms with Crippen LogP contribution in [-0.4, -0.2) is 21.5 Å². The minimum absolute atomic E-state index is 0.0773. The molecule has 1 amide bonds. The first-order chi connectivity index (χ1) is 12.2. The number of aromatic nitrogens is 1. The molecule has 2 heterocycles. The van der Waals surface area contributed by atoms with Gasteiger partial charge in [-0.05, 0) is 42.3 Å². The summed E-state index contributed by atoms with van der Waals surface area (Å²) in [5.41, 5.74) is 2.19. The molecule has 0 aliphatic rings. The number of carbonyl (C=O) groups is 1. The van der Waals surface area contributed by atoms with Crippen molar-refractivity contribution < 1.29 is 9.21 Å². The molecule has 3 rings (SSSR count). The van der Waals surface area contributed by atoms with Crippen LogP contribution in [0.4, 0.5) is 0 Å². The van der Waals surface area contributed by atoms with E-state index in [1.807, 2.05) is 42.5 Å². The van der Waals surface area contributed by atoms with Crippen molar-refractivity contribution in [2.24, 2.45) is 0 Å². The van der Waals surface area contributed by atoms with E-state index in [0.717, 1.165) is 16.2 Å². The van der Waals surface area contributed by atoms with E-state index in [9.17, 15) is 4.79 Å². The molecule has 0 aliphatic heterocycles. The summed E-state index contributed by atoms with van der Waals surface area (Å²) in [6, 6.07) is 15.7. The maximum Gasteiger partial charge on any atom is 0.233 e. The summed E-state index contributed by atoms with van der Waals surface area (Å²) in [5.74, 6) is 1.25. The molecule has 0 N–H and O–H groups in total. The number of rotatable bonds is 7. The number of hydrogen-bond donors (Lipinski definition) is 0. The zero-order chi connectivity index (χ0) is 17.5. The Morgan fingerprint density at radius 1 is 1.12 bits per heavy atom. The molecule has 0 radical (unpaired) electrons. The molecule has 0 saturated carbocycles. The van der Waals surface area contributed by atoms with Gasteiger partial charge in [0, 0.05) is 23.8 Å². The standard InChI is InChI=1S/C20H20N2O2S/c1-16-6-2-3-9-19(16)25-15-20(23)22(14-18-8-5-11-24-18)13-17-7-4-10-21-12-17/h2-12H,13-15H2,1H3. The van der Waals surface area contributed by atoms with Gasteiger partial charge in [0.25, 0.3) is 0 Å². The lowest BCUT2D eigenvalue weighted by molar-refractivity contribution is -0.129. The fourth-order valence-corrected chi connectivity index (χ4v) is 3.42. The fourth-order valence-electron chi connectivity index (χ4n) is 2.48. The number of hydrogen-bond acceptors (Lipinski definition) is 4. The quantitative estimate of drug-likeness (QED) is 0.595. The molecule has 128 valence electrons.